The Morgan fingerprint density at radius 1 is 1.45 bits per heavy atom. The van der Waals surface area contributed by atoms with Gasteiger partial charge in [0.05, 0.1) is 6.61 Å². The van der Waals surface area contributed by atoms with E-state index in [1.54, 1.807) is 0 Å². The van der Waals surface area contributed by atoms with Gasteiger partial charge < -0.3 is 10.0 Å². The van der Waals surface area contributed by atoms with Gasteiger partial charge in [-0.1, -0.05) is 6.07 Å². The third-order valence-corrected chi connectivity index (χ3v) is 4.50. The first-order valence-electron chi connectivity index (χ1n) is 7.64. The van der Waals surface area contributed by atoms with E-state index in [9.17, 15) is 0 Å². The molecule has 1 aliphatic heterocycles. The highest BCUT2D eigenvalue weighted by atomic mass is 16.3. The van der Waals surface area contributed by atoms with Crippen molar-refractivity contribution in [3.05, 3.63) is 30.1 Å². The maximum absolute atomic E-state index is 8.97. The van der Waals surface area contributed by atoms with Gasteiger partial charge in [-0.25, -0.2) is 0 Å². The molecule has 2 heterocycles. The van der Waals surface area contributed by atoms with Crippen molar-refractivity contribution in [1.29, 1.82) is 0 Å². The Hall–Kier alpha value is -0.970. The molecular formula is C16H27N3O. The summed E-state index contributed by atoms with van der Waals surface area (Å²) in [6.45, 7) is 6.75. The largest absolute Gasteiger partial charge is 0.395 e. The second kappa shape index (κ2) is 7.72. The average Bonchev–Trinajstić information content (AvgIpc) is 2.49. The van der Waals surface area contributed by atoms with Gasteiger partial charge in [-0.05, 0) is 57.5 Å². The Balaban J connectivity index is 1.79. The second-order valence-corrected chi connectivity index (χ2v) is 5.91. The van der Waals surface area contributed by atoms with Gasteiger partial charge in [-0.15, -0.1) is 0 Å². The lowest BCUT2D eigenvalue weighted by atomic mass is 9.95. The van der Waals surface area contributed by atoms with Crippen molar-refractivity contribution in [2.45, 2.75) is 25.8 Å². The van der Waals surface area contributed by atoms with Crippen LogP contribution in [0.15, 0.2) is 24.5 Å². The maximum Gasteiger partial charge on any atom is 0.0558 e. The first kappa shape index (κ1) is 15.4. The number of nitrogens with zero attached hydrogens (tertiary/aromatic N) is 3. The van der Waals surface area contributed by atoms with E-state index in [-0.39, 0.29) is 6.61 Å². The molecule has 4 heteroatoms. The van der Waals surface area contributed by atoms with Crippen molar-refractivity contribution in [3.63, 3.8) is 0 Å². The van der Waals surface area contributed by atoms with Gasteiger partial charge in [0.2, 0.25) is 0 Å². The smallest absolute Gasteiger partial charge is 0.0558 e. The molecule has 0 saturated carbocycles. The number of piperidine rings is 1. The molecule has 1 aromatic heterocycles. The average molecular weight is 277 g/mol. The van der Waals surface area contributed by atoms with Crippen LogP contribution in [0.25, 0.3) is 0 Å². The quantitative estimate of drug-likeness (QED) is 0.860. The summed E-state index contributed by atoms with van der Waals surface area (Å²) in [5.41, 5.74) is 1.28. The van der Waals surface area contributed by atoms with E-state index in [4.69, 9.17) is 5.11 Å². The number of pyridine rings is 1. The van der Waals surface area contributed by atoms with Crippen LogP contribution >= 0.6 is 0 Å². The van der Waals surface area contributed by atoms with Crippen molar-refractivity contribution in [1.82, 2.24) is 14.8 Å². The molecule has 1 aromatic rings. The predicted molar refractivity (Wildman–Crippen MR) is 81.5 cm³/mol. The number of aromatic nitrogens is 1. The zero-order chi connectivity index (χ0) is 14.4. The van der Waals surface area contributed by atoms with Crippen molar-refractivity contribution in [3.8, 4) is 0 Å². The number of aliphatic hydroxyl groups is 1. The zero-order valence-corrected chi connectivity index (χ0v) is 12.7. The minimum atomic E-state index is 0.280. The Morgan fingerprint density at radius 2 is 2.20 bits per heavy atom. The minimum absolute atomic E-state index is 0.280. The molecule has 1 fully saturated rings. The molecule has 0 radical (unpaired) electrons. The number of hydrogen-bond acceptors (Lipinski definition) is 4. The Labute approximate surface area is 122 Å². The monoisotopic (exact) mass is 277 g/mol. The summed E-state index contributed by atoms with van der Waals surface area (Å²) < 4.78 is 0. The first-order valence-corrected chi connectivity index (χ1v) is 7.64. The SMILES string of the molecule is C[C@@H](c1cccnc1)N(C)CC1CCN(CCO)CC1. The molecular weight excluding hydrogens is 250 g/mol. The van der Waals surface area contributed by atoms with Gasteiger partial charge >= 0.3 is 0 Å². The normalized spacial score (nSPS) is 19.4. The Bertz CT molecular complexity index is 377. The van der Waals surface area contributed by atoms with Crippen LogP contribution in [0, 0.1) is 5.92 Å². The van der Waals surface area contributed by atoms with Gasteiger partial charge in [0.15, 0.2) is 0 Å². The van der Waals surface area contributed by atoms with E-state index >= 15 is 0 Å². The van der Waals surface area contributed by atoms with E-state index < -0.39 is 0 Å². The van der Waals surface area contributed by atoms with Gasteiger partial charge in [0, 0.05) is 31.5 Å². The Morgan fingerprint density at radius 3 is 2.80 bits per heavy atom. The maximum atomic E-state index is 8.97. The molecule has 1 atom stereocenters. The fourth-order valence-corrected chi connectivity index (χ4v) is 2.98. The molecule has 0 unspecified atom stereocenters. The van der Waals surface area contributed by atoms with Crippen LogP contribution in [0.1, 0.15) is 31.4 Å². The third kappa shape index (κ3) is 4.27. The van der Waals surface area contributed by atoms with Crippen LogP contribution in [0.5, 0.6) is 0 Å². The fourth-order valence-electron chi connectivity index (χ4n) is 2.98. The third-order valence-electron chi connectivity index (χ3n) is 4.50. The van der Waals surface area contributed by atoms with Crippen molar-refractivity contribution >= 4 is 0 Å². The Kier molecular flexibility index (Phi) is 5.95. The molecule has 0 aromatic carbocycles. The number of aliphatic hydroxyl groups excluding tert-OH is 1. The van der Waals surface area contributed by atoms with Gasteiger partial charge in [0.1, 0.15) is 0 Å². The van der Waals surface area contributed by atoms with Gasteiger partial charge in [0.25, 0.3) is 0 Å². The molecule has 0 spiro atoms. The lowest BCUT2D eigenvalue weighted by Gasteiger charge is -2.35. The summed E-state index contributed by atoms with van der Waals surface area (Å²) in [5, 5.41) is 8.97. The summed E-state index contributed by atoms with van der Waals surface area (Å²) in [6.07, 6.45) is 6.27. The predicted octanol–water partition coefficient (Wildman–Crippen LogP) is 1.78. The summed E-state index contributed by atoms with van der Waals surface area (Å²) in [5.74, 6) is 0.772. The minimum Gasteiger partial charge on any atom is -0.395 e. The molecule has 20 heavy (non-hydrogen) atoms. The fraction of sp³-hybridized carbons (Fsp3) is 0.688. The van der Waals surface area contributed by atoms with Crippen LogP contribution in [-0.2, 0) is 0 Å². The van der Waals surface area contributed by atoms with E-state index in [1.807, 2.05) is 18.5 Å². The van der Waals surface area contributed by atoms with Crippen LogP contribution in [0.2, 0.25) is 0 Å². The molecule has 2 rings (SSSR count). The molecule has 1 aliphatic rings. The van der Waals surface area contributed by atoms with Crippen molar-refractivity contribution in [2.24, 2.45) is 5.92 Å². The van der Waals surface area contributed by atoms with E-state index in [1.165, 1.54) is 18.4 Å². The lowest BCUT2D eigenvalue weighted by Crippen LogP contribution is -2.39. The van der Waals surface area contributed by atoms with E-state index in [0.29, 0.717) is 6.04 Å². The molecule has 0 amide bonds. The van der Waals surface area contributed by atoms with Crippen LogP contribution < -0.4 is 0 Å². The summed E-state index contributed by atoms with van der Waals surface area (Å²) in [6, 6.07) is 4.57. The molecule has 112 valence electrons. The highest BCUT2D eigenvalue weighted by molar-refractivity contribution is 5.12. The standard InChI is InChI=1S/C16H27N3O/c1-14(16-4-3-7-17-12-16)18(2)13-15-5-8-19(9-6-15)10-11-20/h3-4,7,12,14-15,20H,5-6,8-11,13H2,1-2H3/t14-/m0/s1. The van der Waals surface area contributed by atoms with Crippen LogP contribution in [0.4, 0.5) is 0 Å². The zero-order valence-electron chi connectivity index (χ0n) is 12.7. The highest BCUT2D eigenvalue weighted by Crippen LogP contribution is 2.23. The van der Waals surface area contributed by atoms with E-state index in [2.05, 4.69) is 34.8 Å². The van der Waals surface area contributed by atoms with Crippen molar-refractivity contribution in [2.75, 3.05) is 39.8 Å². The number of likely N-dealkylation sites (tertiary alicyclic amines) is 1. The number of β-amino-alcohol motifs (C(OH)–C–C–N with tert-alkyl or cyclic N) is 1. The second-order valence-electron chi connectivity index (χ2n) is 5.91. The molecule has 4 nitrogen and oxygen atoms in total. The highest BCUT2D eigenvalue weighted by Gasteiger charge is 2.22. The van der Waals surface area contributed by atoms with Gasteiger partial charge in [-0.2, -0.15) is 0 Å². The molecule has 0 aliphatic carbocycles. The van der Waals surface area contributed by atoms with Gasteiger partial charge in [-0.3, -0.25) is 9.88 Å². The summed E-state index contributed by atoms with van der Waals surface area (Å²) >= 11 is 0. The number of hydrogen-bond donors (Lipinski definition) is 1. The number of rotatable bonds is 6. The van der Waals surface area contributed by atoms with Crippen LogP contribution in [0.3, 0.4) is 0 Å². The molecule has 1 saturated heterocycles. The molecule has 0 bridgehead atoms. The van der Waals surface area contributed by atoms with Crippen molar-refractivity contribution < 1.29 is 5.11 Å². The topological polar surface area (TPSA) is 39.6 Å². The molecule has 1 N–H and O–H groups in total. The van der Waals surface area contributed by atoms with Crippen LogP contribution in [-0.4, -0.2) is 59.7 Å². The summed E-state index contributed by atoms with van der Waals surface area (Å²) in [7, 11) is 2.21. The van der Waals surface area contributed by atoms with E-state index in [0.717, 1.165) is 32.1 Å². The summed E-state index contributed by atoms with van der Waals surface area (Å²) in [4.78, 5) is 9.00. The lowest BCUT2D eigenvalue weighted by molar-refractivity contribution is 0.121. The first-order chi connectivity index (χ1) is 9.70.